The lowest BCUT2D eigenvalue weighted by Gasteiger charge is -2.13. The largest absolute Gasteiger partial charge is 0.383 e. The second kappa shape index (κ2) is 6.92. The molecule has 0 spiro atoms. The summed E-state index contributed by atoms with van der Waals surface area (Å²) < 4.78 is 4.87. The van der Waals surface area contributed by atoms with Gasteiger partial charge in [0.05, 0.1) is 6.61 Å². The molecule has 1 N–H and O–H groups in total. The van der Waals surface area contributed by atoms with Crippen LogP contribution < -0.4 is 10.2 Å². The molecule has 0 aliphatic carbocycles. The number of amides is 2. The molecule has 8 heteroatoms. The van der Waals surface area contributed by atoms with E-state index in [4.69, 9.17) is 4.74 Å². The van der Waals surface area contributed by atoms with Crippen LogP contribution in [-0.2, 0) is 4.74 Å². The Hall–Kier alpha value is -2.06. The van der Waals surface area contributed by atoms with Gasteiger partial charge in [0, 0.05) is 38.7 Å². The molecular weight excluding hydrogens is 278 g/mol. The van der Waals surface area contributed by atoms with Gasteiger partial charge in [-0.15, -0.1) is 10.2 Å². The summed E-state index contributed by atoms with van der Waals surface area (Å²) >= 11 is 1.33. The van der Waals surface area contributed by atoms with Crippen molar-refractivity contribution in [3.63, 3.8) is 0 Å². The Morgan fingerprint density at radius 2 is 2.35 bits per heavy atom. The normalized spacial score (nSPS) is 10.3. The summed E-state index contributed by atoms with van der Waals surface area (Å²) in [4.78, 5) is 17.3. The number of ether oxygens (including phenoxy) is 1. The average Bonchev–Trinajstić information content (AvgIpc) is 2.97. The maximum atomic E-state index is 11.8. The number of anilines is 1. The van der Waals surface area contributed by atoms with Gasteiger partial charge in [0.2, 0.25) is 5.13 Å². The van der Waals surface area contributed by atoms with E-state index in [1.807, 2.05) is 12.1 Å². The van der Waals surface area contributed by atoms with Gasteiger partial charge in [0.15, 0.2) is 5.01 Å². The van der Waals surface area contributed by atoms with E-state index in [0.717, 1.165) is 10.6 Å². The second-order valence-electron chi connectivity index (χ2n) is 3.92. The van der Waals surface area contributed by atoms with Gasteiger partial charge < -0.3 is 10.1 Å². The number of nitrogens with one attached hydrogen (secondary N) is 1. The molecule has 0 bridgehead atoms. The average molecular weight is 293 g/mol. The van der Waals surface area contributed by atoms with Crippen LogP contribution >= 0.6 is 11.3 Å². The topological polar surface area (TPSA) is 80.2 Å². The number of carbonyl (C=O) groups excluding carboxylic acids is 1. The summed E-state index contributed by atoms with van der Waals surface area (Å²) in [7, 11) is 3.23. The van der Waals surface area contributed by atoms with Crippen LogP contribution in [0, 0.1) is 0 Å². The van der Waals surface area contributed by atoms with E-state index in [1.54, 1.807) is 26.6 Å². The number of hydrogen-bond acceptors (Lipinski definition) is 6. The number of aromatic nitrogens is 3. The van der Waals surface area contributed by atoms with Crippen LogP contribution in [0.2, 0.25) is 0 Å². The fourth-order valence-corrected chi connectivity index (χ4v) is 2.22. The summed E-state index contributed by atoms with van der Waals surface area (Å²) in [5.41, 5.74) is 0.879. The standard InChI is InChI=1S/C12H15N5O2S/c1-17(11(18)14-6-7-19-2)12-16-15-10(20-12)9-4-3-5-13-8-9/h3-5,8H,6-7H2,1-2H3,(H,14,18). The van der Waals surface area contributed by atoms with Gasteiger partial charge in [-0.1, -0.05) is 11.3 Å². The smallest absolute Gasteiger partial charge is 0.323 e. The molecule has 0 aliphatic rings. The molecule has 0 unspecified atom stereocenters. The van der Waals surface area contributed by atoms with Crippen LogP contribution in [0.15, 0.2) is 24.5 Å². The van der Waals surface area contributed by atoms with Gasteiger partial charge in [-0.25, -0.2) is 4.79 Å². The van der Waals surface area contributed by atoms with Crippen molar-refractivity contribution < 1.29 is 9.53 Å². The van der Waals surface area contributed by atoms with Crippen molar-refractivity contribution >= 4 is 22.5 Å². The number of hydrogen-bond donors (Lipinski definition) is 1. The van der Waals surface area contributed by atoms with E-state index in [0.29, 0.717) is 18.3 Å². The molecule has 2 aromatic rings. The fourth-order valence-electron chi connectivity index (χ4n) is 1.42. The first-order valence-corrected chi connectivity index (χ1v) is 6.78. The molecule has 2 amide bonds. The van der Waals surface area contributed by atoms with E-state index in [1.165, 1.54) is 16.2 Å². The van der Waals surface area contributed by atoms with E-state index in [9.17, 15) is 4.79 Å². The zero-order valence-electron chi connectivity index (χ0n) is 11.2. The first-order valence-electron chi connectivity index (χ1n) is 5.96. The number of carbonyl (C=O) groups is 1. The number of nitrogens with zero attached hydrogens (tertiary/aromatic N) is 4. The summed E-state index contributed by atoms with van der Waals surface area (Å²) in [6.45, 7) is 0.921. The van der Waals surface area contributed by atoms with Crippen molar-refractivity contribution in [2.75, 3.05) is 32.2 Å². The summed E-state index contributed by atoms with van der Waals surface area (Å²) in [5.74, 6) is 0. The Labute approximate surface area is 120 Å². The fraction of sp³-hybridized carbons (Fsp3) is 0.333. The minimum atomic E-state index is -0.240. The van der Waals surface area contributed by atoms with Crippen LogP contribution in [0.5, 0.6) is 0 Å². The molecule has 0 saturated carbocycles. The predicted octanol–water partition coefficient (Wildman–Crippen LogP) is 1.39. The zero-order valence-corrected chi connectivity index (χ0v) is 12.1. The lowest BCUT2D eigenvalue weighted by atomic mass is 10.3. The Bertz CT molecular complexity index is 560. The zero-order chi connectivity index (χ0) is 14.4. The SMILES string of the molecule is COCCNC(=O)N(C)c1nnc(-c2cccnc2)s1. The van der Waals surface area contributed by atoms with Crippen LogP contribution in [0.4, 0.5) is 9.93 Å². The highest BCUT2D eigenvalue weighted by molar-refractivity contribution is 7.18. The van der Waals surface area contributed by atoms with Crippen molar-refractivity contribution in [2.24, 2.45) is 0 Å². The van der Waals surface area contributed by atoms with Gasteiger partial charge in [0.25, 0.3) is 0 Å². The summed E-state index contributed by atoms with van der Waals surface area (Å²) in [6.07, 6.45) is 3.41. The van der Waals surface area contributed by atoms with Crippen LogP contribution in [-0.4, -0.2) is 48.5 Å². The van der Waals surface area contributed by atoms with Crippen LogP contribution in [0.25, 0.3) is 10.6 Å². The van der Waals surface area contributed by atoms with Crippen molar-refractivity contribution in [1.29, 1.82) is 0 Å². The number of pyridine rings is 1. The minimum Gasteiger partial charge on any atom is -0.383 e. The molecule has 0 saturated heterocycles. The quantitative estimate of drug-likeness (QED) is 0.843. The molecule has 0 radical (unpaired) electrons. The van der Waals surface area contributed by atoms with E-state index >= 15 is 0 Å². The number of urea groups is 1. The molecule has 106 valence electrons. The first kappa shape index (κ1) is 14.4. The molecule has 2 aromatic heterocycles. The second-order valence-corrected chi connectivity index (χ2v) is 4.87. The Kier molecular flexibility index (Phi) is 4.97. The molecular formula is C12H15N5O2S. The first-order chi connectivity index (χ1) is 9.72. The Morgan fingerprint density at radius 3 is 3.05 bits per heavy atom. The van der Waals surface area contributed by atoms with Crippen molar-refractivity contribution in [1.82, 2.24) is 20.5 Å². The van der Waals surface area contributed by atoms with Gasteiger partial charge in [-0.3, -0.25) is 9.88 Å². The van der Waals surface area contributed by atoms with Gasteiger partial charge in [0.1, 0.15) is 0 Å². The van der Waals surface area contributed by atoms with E-state index < -0.39 is 0 Å². The highest BCUT2D eigenvalue weighted by atomic mass is 32.1. The van der Waals surface area contributed by atoms with E-state index in [-0.39, 0.29) is 6.03 Å². The Morgan fingerprint density at radius 1 is 1.50 bits per heavy atom. The maximum absolute atomic E-state index is 11.8. The highest BCUT2D eigenvalue weighted by Gasteiger charge is 2.15. The summed E-state index contributed by atoms with van der Waals surface area (Å²) in [6, 6.07) is 3.49. The molecule has 2 rings (SSSR count). The third kappa shape index (κ3) is 3.49. The third-order valence-electron chi connectivity index (χ3n) is 2.50. The van der Waals surface area contributed by atoms with Gasteiger partial charge in [-0.2, -0.15) is 0 Å². The van der Waals surface area contributed by atoms with Crippen molar-refractivity contribution in [3.8, 4) is 10.6 Å². The molecule has 0 fully saturated rings. The van der Waals surface area contributed by atoms with Gasteiger partial charge >= 0.3 is 6.03 Å². The molecule has 0 aromatic carbocycles. The molecule has 2 heterocycles. The molecule has 0 atom stereocenters. The maximum Gasteiger partial charge on any atom is 0.323 e. The molecule has 20 heavy (non-hydrogen) atoms. The van der Waals surface area contributed by atoms with Crippen molar-refractivity contribution in [2.45, 2.75) is 0 Å². The lowest BCUT2D eigenvalue weighted by molar-refractivity contribution is 0.197. The Balaban J connectivity index is 2.03. The molecule has 0 aliphatic heterocycles. The highest BCUT2D eigenvalue weighted by Crippen LogP contribution is 2.27. The number of methoxy groups -OCH3 is 1. The van der Waals surface area contributed by atoms with E-state index in [2.05, 4.69) is 20.5 Å². The lowest BCUT2D eigenvalue weighted by Crippen LogP contribution is -2.38. The molecule has 7 nitrogen and oxygen atoms in total. The predicted molar refractivity (Wildman–Crippen MR) is 76.8 cm³/mol. The van der Waals surface area contributed by atoms with Gasteiger partial charge in [-0.05, 0) is 12.1 Å². The van der Waals surface area contributed by atoms with Crippen LogP contribution in [0.1, 0.15) is 0 Å². The third-order valence-corrected chi connectivity index (χ3v) is 3.55. The minimum absolute atomic E-state index is 0.240. The monoisotopic (exact) mass is 293 g/mol. The van der Waals surface area contributed by atoms with Crippen molar-refractivity contribution in [3.05, 3.63) is 24.5 Å². The number of rotatable bonds is 5. The summed E-state index contributed by atoms with van der Waals surface area (Å²) in [5, 5.41) is 12.1. The van der Waals surface area contributed by atoms with Crippen LogP contribution in [0.3, 0.4) is 0 Å².